The highest BCUT2D eigenvalue weighted by Crippen LogP contribution is 2.14. The van der Waals surface area contributed by atoms with Crippen molar-refractivity contribution in [1.82, 2.24) is 4.90 Å². The third-order valence-corrected chi connectivity index (χ3v) is 3.16. The van der Waals surface area contributed by atoms with E-state index in [1.54, 1.807) is 0 Å². The van der Waals surface area contributed by atoms with Gasteiger partial charge in [0.25, 0.3) is 0 Å². The maximum absolute atomic E-state index is 11.0. The maximum Gasteiger partial charge on any atom is 0.409 e. The zero-order valence-electron chi connectivity index (χ0n) is 7.39. The summed E-state index contributed by atoms with van der Waals surface area (Å²) in [4.78, 5) is 12.5. The van der Waals surface area contributed by atoms with Crippen LogP contribution in [0.15, 0.2) is 0 Å². The molecule has 1 amide bonds. The Morgan fingerprint density at radius 2 is 2.08 bits per heavy atom. The third kappa shape index (κ3) is 2.67. The average molecular weight is 206 g/mol. The molecule has 0 radical (unpaired) electrons. The summed E-state index contributed by atoms with van der Waals surface area (Å²) in [7, 11) is 1.32. The summed E-state index contributed by atoms with van der Waals surface area (Å²) < 4.78 is 25.6. The fourth-order valence-corrected chi connectivity index (χ4v) is 1.96. The first-order valence-electron chi connectivity index (χ1n) is 4.06. The molecule has 0 aromatic heterocycles. The Hall–Kier alpha value is -0.620. The van der Waals surface area contributed by atoms with E-state index in [0.717, 1.165) is 0 Å². The number of methoxy groups -OCH3 is 1. The largest absolute Gasteiger partial charge is 0.772 e. The van der Waals surface area contributed by atoms with Crippen molar-refractivity contribution in [3.8, 4) is 0 Å². The van der Waals surface area contributed by atoms with Gasteiger partial charge in [0.1, 0.15) is 0 Å². The fraction of sp³-hybridized carbons (Fsp3) is 0.857. The number of amides is 1. The van der Waals surface area contributed by atoms with Gasteiger partial charge in [-0.25, -0.2) is 4.79 Å². The minimum atomic E-state index is -2.01. The first-order valence-corrected chi connectivity index (χ1v) is 5.20. The summed E-state index contributed by atoms with van der Waals surface area (Å²) >= 11 is -2.01. The molecular weight excluding hydrogens is 194 g/mol. The number of carbonyl (C=O) groups is 1. The Labute approximate surface area is 79.3 Å². The molecule has 0 N–H and O–H groups in total. The number of carbonyl (C=O) groups excluding carboxylic acids is 1. The molecule has 1 unspecified atom stereocenters. The standard InChI is InChI=1S/C7H13NO4S/c1-12-7(9)8-4-2-6(3-5-8)13(10)11/h6H,2-5H2,1H3,(H,10,11)/p-1. The van der Waals surface area contributed by atoms with Crippen LogP contribution in [0.3, 0.4) is 0 Å². The van der Waals surface area contributed by atoms with Crippen molar-refractivity contribution in [1.29, 1.82) is 0 Å². The van der Waals surface area contributed by atoms with E-state index in [1.807, 2.05) is 0 Å². The van der Waals surface area contributed by atoms with E-state index in [4.69, 9.17) is 0 Å². The molecule has 0 aliphatic carbocycles. The van der Waals surface area contributed by atoms with Gasteiger partial charge in [0, 0.05) is 18.3 Å². The van der Waals surface area contributed by atoms with Gasteiger partial charge in [-0.05, 0) is 12.8 Å². The number of rotatable bonds is 1. The van der Waals surface area contributed by atoms with Crippen molar-refractivity contribution in [3.63, 3.8) is 0 Å². The van der Waals surface area contributed by atoms with Gasteiger partial charge in [-0.2, -0.15) is 0 Å². The number of nitrogens with zero attached hydrogens (tertiary/aromatic N) is 1. The van der Waals surface area contributed by atoms with E-state index in [1.165, 1.54) is 12.0 Å². The molecule has 1 rings (SSSR count). The van der Waals surface area contributed by atoms with E-state index in [2.05, 4.69) is 4.74 Å². The smallest absolute Gasteiger partial charge is 0.409 e. The number of piperidine rings is 1. The number of ether oxygens (including phenoxy) is 1. The summed E-state index contributed by atoms with van der Waals surface area (Å²) in [5.41, 5.74) is 0. The lowest BCUT2D eigenvalue weighted by Gasteiger charge is -2.31. The van der Waals surface area contributed by atoms with E-state index < -0.39 is 11.1 Å². The summed E-state index contributed by atoms with van der Waals surface area (Å²) in [6.45, 7) is 0.927. The van der Waals surface area contributed by atoms with E-state index in [9.17, 15) is 13.6 Å². The second-order valence-electron chi connectivity index (χ2n) is 2.92. The van der Waals surface area contributed by atoms with Crippen molar-refractivity contribution in [2.24, 2.45) is 0 Å². The Bertz CT molecular complexity index is 213. The second-order valence-corrected chi connectivity index (χ2v) is 4.10. The molecule has 76 valence electrons. The van der Waals surface area contributed by atoms with Crippen molar-refractivity contribution >= 4 is 17.2 Å². The first kappa shape index (κ1) is 10.5. The molecule has 1 saturated heterocycles. The Kier molecular flexibility index (Phi) is 3.68. The molecular formula is C7H12NO4S-. The number of hydrogen-bond acceptors (Lipinski definition) is 4. The topological polar surface area (TPSA) is 69.7 Å². The zero-order valence-corrected chi connectivity index (χ0v) is 8.21. The maximum atomic E-state index is 11.0. The van der Waals surface area contributed by atoms with E-state index >= 15 is 0 Å². The molecule has 0 aromatic carbocycles. The van der Waals surface area contributed by atoms with Gasteiger partial charge in [-0.15, -0.1) is 0 Å². The van der Waals surface area contributed by atoms with E-state index in [-0.39, 0.29) is 11.3 Å². The molecule has 13 heavy (non-hydrogen) atoms. The van der Waals surface area contributed by atoms with Gasteiger partial charge in [0.15, 0.2) is 0 Å². The molecule has 5 nitrogen and oxygen atoms in total. The van der Waals surface area contributed by atoms with Gasteiger partial charge < -0.3 is 14.2 Å². The highest BCUT2D eigenvalue weighted by atomic mass is 32.2. The van der Waals surface area contributed by atoms with Crippen molar-refractivity contribution < 1.29 is 18.3 Å². The lowest BCUT2D eigenvalue weighted by molar-refractivity contribution is 0.115. The molecule has 0 bridgehead atoms. The Balaban J connectivity index is 2.39. The summed E-state index contributed by atoms with van der Waals surface area (Å²) in [5, 5.41) is -0.305. The minimum absolute atomic E-state index is 0.305. The minimum Gasteiger partial charge on any atom is -0.772 e. The van der Waals surface area contributed by atoms with Gasteiger partial charge in [0.2, 0.25) is 0 Å². The van der Waals surface area contributed by atoms with Gasteiger partial charge in [0.05, 0.1) is 7.11 Å². The van der Waals surface area contributed by atoms with Crippen LogP contribution in [-0.4, -0.2) is 45.2 Å². The van der Waals surface area contributed by atoms with Crippen LogP contribution in [0.4, 0.5) is 4.79 Å². The molecule has 0 aromatic rings. The first-order chi connectivity index (χ1) is 6.15. The van der Waals surface area contributed by atoms with Gasteiger partial charge in [-0.3, -0.25) is 4.21 Å². The second kappa shape index (κ2) is 4.57. The van der Waals surface area contributed by atoms with Crippen LogP contribution in [0.2, 0.25) is 0 Å². The summed E-state index contributed by atoms with van der Waals surface area (Å²) in [6, 6.07) is 0. The van der Waals surface area contributed by atoms with Crippen LogP contribution in [0, 0.1) is 0 Å². The molecule has 1 aliphatic rings. The van der Waals surface area contributed by atoms with Gasteiger partial charge >= 0.3 is 6.09 Å². The summed E-state index contributed by atoms with van der Waals surface area (Å²) in [6.07, 6.45) is 0.631. The average Bonchev–Trinajstić information content (AvgIpc) is 2.17. The quantitative estimate of drug-likeness (QED) is 0.570. The van der Waals surface area contributed by atoms with Crippen LogP contribution in [-0.2, 0) is 15.8 Å². The van der Waals surface area contributed by atoms with Gasteiger partial charge in [-0.1, -0.05) is 11.1 Å². The lowest BCUT2D eigenvalue weighted by atomic mass is 10.1. The molecule has 6 heteroatoms. The molecule has 1 aliphatic heterocycles. The zero-order chi connectivity index (χ0) is 9.84. The highest BCUT2D eigenvalue weighted by molar-refractivity contribution is 7.79. The Morgan fingerprint density at radius 3 is 2.46 bits per heavy atom. The lowest BCUT2D eigenvalue weighted by Crippen LogP contribution is -2.41. The van der Waals surface area contributed by atoms with Crippen LogP contribution >= 0.6 is 0 Å². The summed E-state index contributed by atoms with van der Waals surface area (Å²) in [5.74, 6) is 0. The monoisotopic (exact) mass is 206 g/mol. The third-order valence-electron chi connectivity index (χ3n) is 2.15. The molecule has 0 spiro atoms. The predicted molar refractivity (Wildman–Crippen MR) is 45.9 cm³/mol. The fourth-order valence-electron chi connectivity index (χ4n) is 1.36. The van der Waals surface area contributed by atoms with Crippen LogP contribution in [0.25, 0.3) is 0 Å². The highest BCUT2D eigenvalue weighted by Gasteiger charge is 2.23. The normalized spacial score (nSPS) is 21.2. The van der Waals surface area contributed by atoms with Crippen molar-refractivity contribution in [3.05, 3.63) is 0 Å². The Morgan fingerprint density at radius 1 is 1.54 bits per heavy atom. The molecule has 1 fully saturated rings. The predicted octanol–water partition coefficient (Wildman–Crippen LogP) is 0.0963. The number of likely N-dealkylation sites (tertiary alicyclic amines) is 1. The van der Waals surface area contributed by atoms with E-state index in [0.29, 0.717) is 25.9 Å². The van der Waals surface area contributed by atoms with Crippen LogP contribution < -0.4 is 0 Å². The number of hydrogen-bond donors (Lipinski definition) is 0. The molecule has 1 heterocycles. The van der Waals surface area contributed by atoms with Crippen LogP contribution in [0.5, 0.6) is 0 Å². The van der Waals surface area contributed by atoms with Crippen LogP contribution in [0.1, 0.15) is 12.8 Å². The molecule has 0 saturated carbocycles. The SMILES string of the molecule is COC(=O)N1CCC(S(=O)[O-])CC1. The van der Waals surface area contributed by atoms with Crippen molar-refractivity contribution in [2.45, 2.75) is 18.1 Å². The molecule has 1 atom stereocenters. The van der Waals surface area contributed by atoms with Crippen molar-refractivity contribution in [2.75, 3.05) is 20.2 Å².